The van der Waals surface area contributed by atoms with Crippen molar-refractivity contribution < 1.29 is 19.8 Å². The molecule has 4 nitrogen and oxygen atoms in total. The molecule has 0 fully saturated rings. The lowest BCUT2D eigenvalue weighted by atomic mass is 9.66. The van der Waals surface area contributed by atoms with E-state index in [1.807, 2.05) is 13.8 Å². The van der Waals surface area contributed by atoms with Gasteiger partial charge < -0.3 is 10.2 Å². The van der Waals surface area contributed by atoms with Crippen LogP contribution in [0.5, 0.6) is 0 Å². The van der Waals surface area contributed by atoms with Crippen molar-refractivity contribution in [3.05, 3.63) is 20.1 Å². The lowest BCUT2D eigenvalue weighted by Crippen LogP contribution is -2.47. The zero-order valence-corrected chi connectivity index (χ0v) is 16.4. The molecule has 0 heterocycles. The van der Waals surface area contributed by atoms with Crippen LogP contribution >= 0.6 is 46.4 Å². The van der Waals surface area contributed by atoms with Crippen molar-refractivity contribution in [3.63, 3.8) is 0 Å². The number of rotatable bonds is 8. The van der Waals surface area contributed by atoms with Crippen molar-refractivity contribution in [2.75, 3.05) is 0 Å². The molecule has 3 unspecified atom stereocenters. The van der Waals surface area contributed by atoms with Gasteiger partial charge in [0.05, 0.1) is 20.1 Å². The van der Waals surface area contributed by atoms with Crippen molar-refractivity contribution >= 4 is 58.3 Å². The molecule has 0 saturated carbocycles. The van der Waals surface area contributed by atoms with E-state index in [1.165, 1.54) is 0 Å². The molecule has 8 heteroatoms. The molecule has 0 bridgehead atoms. The highest BCUT2D eigenvalue weighted by molar-refractivity contribution is 6.52. The number of carboxylic acids is 2. The SMILES string of the molecule is CCCCC(CC)CC1(C(=O)O)C(Cl)=C(Cl)C(Cl)=C(Cl)C1C(=O)O. The molecular formula is C16H20Cl4O4. The summed E-state index contributed by atoms with van der Waals surface area (Å²) in [5.41, 5.74) is -1.92. The lowest BCUT2D eigenvalue weighted by Gasteiger charge is -2.40. The minimum atomic E-state index is -1.92. The van der Waals surface area contributed by atoms with Gasteiger partial charge in [-0.1, -0.05) is 85.9 Å². The van der Waals surface area contributed by atoms with Crippen molar-refractivity contribution in [3.8, 4) is 0 Å². The van der Waals surface area contributed by atoms with Gasteiger partial charge >= 0.3 is 11.9 Å². The van der Waals surface area contributed by atoms with Gasteiger partial charge in [0.2, 0.25) is 0 Å². The molecule has 2 N–H and O–H groups in total. The number of carbonyl (C=O) groups is 2. The Bertz CT molecular complexity index is 585. The summed E-state index contributed by atoms with van der Waals surface area (Å²) in [5, 5.41) is 18.5. The molecule has 0 aromatic rings. The average Bonchev–Trinajstić information content (AvgIpc) is 2.53. The Morgan fingerprint density at radius 3 is 2.12 bits per heavy atom. The smallest absolute Gasteiger partial charge is 0.316 e. The molecular weight excluding hydrogens is 398 g/mol. The molecule has 0 aliphatic heterocycles. The summed E-state index contributed by atoms with van der Waals surface area (Å²) in [6.07, 6.45) is 3.36. The first kappa shape index (κ1) is 21.6. The lowest BCUT2D eigenvalue weighted by molar-refractivity contribution is -0.158. The molecule has 0 spiro atoms. The van der Waals surface area contributed by atoms with E-state index in [2.05, 4.69) is 0 Å². The van der Waals surface area contributed by atoms with Crippen LogP contribution in [0.25, 0.3) is 0 Å². The third-order valence-corrected chi connectivity index (χ3v) is 6.51. The minimum absolute atomic E-state index is 0.0255. The second kappa shape index (κ2) is 8.79. The van der Waals surface area contributed by atoms with Gasteiger partial charge in [0.1, 0.15) is 11.3 Å². The predicted octanol–water partition coefficient (Wildman–Crippen LogP) is 5.76. The maximum Gasteiger partial charge on any atom is 0.316 e. The topological polar surface area (TPSA) is 74.6 Å². The first-order valence-corrected chi connectivity index (χ1v) is 9.23. The van der Waals surface area contributed by atoms with E-state index in [-0.39, 0.29) is 32.5 Å². The Labute approximate surface area is 161 Å². The molecule has 0 radical (unpaired) electrons. The largest absolute Gasteiger partial charge is 0.481 e. The van der Waals surface area contributed by atoms with Crippen LogP contribution in [-0.2, 0) is 9.59 Å². The van der Waals surface area contributed by atoms with Gasteiger partial charge in [-0.25, -0.2) is 0 Å². The number of aliphatic carboxylic acids is 2. The Hall–Kier alpha value is -0.420. The molecule has 0 amide bonds. The summed E-state index contributed by atoms with van der Waals surface area (Å²) in [4.78, 5) is 24.0. The van der Waals surface area contributed by atoms with Gasteiger partial charge in [-0.15, -0.1) is 0 Å². The molecule has 136 valence electrons. The van der Waals surface area contributed by atoms with Crippen molar-refractivity contribution in [2.45, 2.75) is 46.0 Å². The van der Waals surface area contributed by atoms with E-state index in [4.69, 9.17) is 46.4 Å². The first-order chi connectivity index (χ1) is 11.1. The number of allylic oxidation sites excluding steroid dienone is 2. The molecule has 1 rings (SSSR count). The number of carboxylic acid groups (broad SMARTS) is 2. The van der Waals surface area contributed by atoms with E-state index >= 15 is 0 Å². The normalized spacial score (nSPS) is 25.8. The highest BCUT2D eigenvalue weighted by atomic mass is 35.5. The van der Waals surface area contributed by atoms with E-state index in [0.29, 0.717) is 6.42 Å². The van der Waals surface area contributed by atoms with Gasteiger partial charge in [-0.3, -0.25) is 9.59 Å². The second-order valence-electron chi connectivity index (χ2n) is 5.96. The highest BCUT2D eigenvalue weighted by Gasteiger charge is 2.58. The van der Waals surface area contributed by atoms with Crippen LogP contribution in [0.1, 0.15) is 46.0 Å². The average molecular weight is 418 g/mol. The van der Waals surface area contributed by atoms with E-state index in [0.717, 1.165) is 19.3 Å². The fourth-order valence-electron chi connectivity index (χ4n) is 3.10. The minimum Gasteiger partial charge on any atom is -0.481 e. The third kappa shape index (κ3) is 3.87. The summed E-state index contributed by atoms with van der Waals surface area (Å²) in [5.74, 6) is -4.36. The number of unbranched alkanes of at least 4 members (excludes halogenated alkanes) is 1. The number of halogens is 4. The summed E-state index contributed by atoms with van der Waals surface area (Å²) >= 11 is 24.3. The van der Waals surface area contributed by atoms with E-state index in [9.17, 15) is 19.8 Å². The Morgan fingerprint density at radius 2 is 1.71 bits per heavy atom. The van der Waals surface area contributed by atoms with Crippen LogP contribution in [0.2, 0.25) is 0 Å². The molecule has 1 aliphatic carbocycles. The third-order valence-electron chi connectivity index (χ3n) is 4.52. The molecule has 3 atom stereocenters. The molecule has 1 aliphatic rings. The fourth-order valence-corrected chi connectivity index (χ4v) is 4.40. The number of hydrogen-bond donors (Lipinski definition) is 2. The summed E-state index contributed by atoms with van der Waals surface area (Å²) in [6, 6.07) is 0. The first-order valence-electron chi connectivity index (χ1n) is 7.72. The molecule has 0 saturated heterocycles. The second-order valence-corrected chi connectivity index (χ2v) is 7.50. The van der Waals surface area contributed by atoms with Gasteiger partial charge in [0.25, 0.3) is 0 Å². The predicted molar refractivity (Wildman–Crippen MR) is 96.6 cm³/mol. The summed E-state index contributed by atoms with van der Waals surface area (Å²) in [7, 11) is 0. The van der Waals surface area contributed by atoms with Gasteiger partial charge in [0, 0.05) is 0 Å². The fraction of sp³-hybridized carbons (Fsp3) is 0.625. The zero-order valence-electron chi connectivity index (χ0n) is 13.4. The monoisotopic (exact) mass is 416 g/mol. The Balaban J connectivity index is 3.50. The Kier molecular flexibility index (Phi) is 7.92. The van der Waals surface area contributed by atoms with Gasteiger partial charge in [-0.05, 0) is 12.3 Å². The molecule has 0 aromatic heterocycles. The number of hydrogen-bond acceptors (Lipinski definition) is 2. The van der Waals surface area contributed by atoms with Crippen molar-refractivity contribution in [1.82, 2.24) is 0 Å². The summed E-state index contributed by atoms with van der Waals surface area (Å²) in [6.45, 7) is 3.96. The molecule has 0 aromatic carbocycles. The van der Waals surface area contributed by atoms with Crippen LogP contribution in [0.3, 0.4) is 0 Å². The standard InChI is InChI=1S/C16H20Cl4O4/c1-3-5-6-8(4-2)7-16(15(23)24)9(14(21)22)10(17)11(18)12(19)13(16)20/h8-9H,3-7H2,1-2H3,(H,21,22)(H,23,24). The van der Waals surface area contributed by atoms with Crippen LogP contribution < -0.4 is 0 Å². The van der Waals surface area contributed by atoms with Crippen LogP contribution in [0, 0.1) is 17.3 Å². The zero-order chi connectivity index (χ0) is 18.7. The summed E-state index contributed by atoms with van der Waals surface area (Å²) < 4.78 is 0. The highest BCUT2D eigenvalue weighted by Crippen LogP contribution is 2.56. The van der Waals surface area contributed by atoms with Crippen LogP contribution in [0.4, 0.5) is 0 Å². The van der Waals surface area contributed by atoms with Gasteiger partial charge in [-0.2, -0.15) is 0 Å². The van der Waals surface area contributed by atoms with E-state index in [1.54, 1.807) is 0 Å². The van der Waals surface area contributed by atoms with Crippen molar-refractivity contribution in [1.29, 1.82) is 0 Å². The van der Waals surface area contributed by atoms with Crippen molar-refractivity contribution in [2.24, 2.45) is 17.3 Å². The van der Waals surface area contributed by atoms with Crippen LogP contribution in [0.15, 0.2) is 20.1 Å². The van der Waals surface area contributed by atoms with Gasteiger partial charge in [0.15, 0.2) is 0 Å². The van der Waals surface area contributed by atoms with Crippen LogP contribution in [-0.4, -0.2) is 22.2 Å². The maximum atomic E-state index is 12.2. The van der Waals surface area contributed by atoms with E-state index < -0.39 is 23.3 Å². The maximum absolute atomic E-state index is 12.2. The Morgan fingerprint density at radius 1 is 1.12 bits per heavy atom. The quantitative estimate of drug-likeness (QED) is 0.526. The molecule has 24 heavy (non-hydrogen) atoms.